The van der Waals surface area contributed by atoms with Crippen molar-refractivity contribution in [2.75, 3.05) is 11.9 Å². The summed E-state index contributed by atoms with van der Waals surface area (Å²) >= 11 is 3.41. The SMILES string of the molecule is Oc1ccc(Br)c2c1CCN2. The highest BCUT2D eigenvalue weighted by Gasteiger charge is 2.15. The Labute approximate surface area is 73.4 Å². The maximum Gasteiger partial charge on any atom is 0.120 e. The van der Waals surface area contributed by atoms with Gasteiger partial charge in [0.2, 0.25) is 0 Å². The van der Waals surface area contributed by atoms with Crippen LogP contribution in [-0.4, -0.2) is 11.7 Å². The number of phenols is 1. The molecular weight excluding hydrogens is 206 g/mol. The Kier molecular flexibility index (Phi) is 1.53. The Bertz CT molecular complexity index is 269. The molecule has 1 heterocycles. The summed E-state index contributed by atoms with van der Waals surface area (Å²) in [5, 5.41) is 12.6. The monoisotopic (exact) mass is 213 g/mol. The molecule has 0 saturated heterocycles. The van der Waals surface area contributed by atoms with Crippen LogP contribution >= 0.6 is 15.9 Å². The molecule has 2 N–H and O–H groups in total. The number of halogens is 1. The number of rotatable bonds is 0. The first kappa shape index (κ1) is 6.98. The fourth-order valence-electron chi connectivity index (χ4n) is 1.36. The average Bonchev–Trinajstić information content (AvgIpc) is 2.45. The van der Waals surface area contributed by atoms with Gasteiger partial charge < -0.3 is 10.4 Å². The van der Waals surface area contributed by atoms with Crippen LogP contribution in [0.4, 0.5) is 5.69 Å². The summed E-state index contributed by atoms with van der Waals surface area (Å²) in [6, 6.07) is 3.57. The second-order valence-corrected chi connectivity index (χ2v) is 3.45. The van der Waals surface area contributed by atoms with Gasteiger partial charge in [0.25, 0.3) is 0 Å². The number of anilines is 1. The van der Waals surface area contributed by atoms with Crippen LogP contribution < -0.4 is 5.32 Å². The number of fused-ring (bicyclic) bond motifs is 1. The molecule has 0 spiro atoms. The van der Waals surface area contributed by atoms with Gasteiger partial charge in [0, 0.05) is 16.6 Å². The van der Waals surface area contributed by atoms with Crippen LogP contribution in [0, 0.1) is 0 Å². The third-order valence-electron chi connectivity index (χ3n) is 1.91. The molecule has 0 fully saturated rings. The van der Waals surface area contributed by atoms with Crippen molar-refractivity contribution in [3.05, 3.63) is 22.2 Å². The van der Waals surface area contributed by atoms with E-state index in [0.29, 0.717) is 5.75 Å². The zero-order chi connectivity index (χ0) is 7.84. The van der Waals surface area contributed by atoms with Crippen molar-refractivity contribution in [3.63, 3.8) is 0 Å². The van der Waals surface area contributed by atoms with Crippen LogP contribution in [0.2, 0.25) is 0 Å². The van der Waals surface area contributed by atoms with Gasteiger partial charge in [0.1, 0.15) is 5.75 Å². The predicted octanol–water partition coefficient (Wildman–Crippen LogP) is 2.12. The number of hydrogen-bond donors (Lipinski definition) is 2. The van der Waals surface area contributed by atoms with E-state index in [2.05, 4.69) is 21.2 Å². The van der Waals surface area contributed by atoms with Crippen molar-refractivity contribution in [2.24, 2.45) is 0 Å². The fraction of sp³-hybridized carbons (Fsp3) is 0.250. The minimum absolute atomic E-state index is 0.396. The maximum atomic E-state index is 9.39. The molecule has 0 radical (unpaired) electrons. The zero-order valence-electron chi connectivity index (χ0n) is 5.89. The summed E-state index contributed by atoms with van der Waals surface area (Å²) in [5.41, 5.74) is 2.07. The van der Waals surface area contributed by atoms with Crippen molar-refractivity contribution in [3.8, 4) is 5.75 Å². The van der Waals surface area contributed by atoms with E-state index >= 15 is 0 Å². The van der Waals surface area contributed by atoms with Crippen LogP contribution in [0.5, 0.6) is 5.75 Å². The van der Waals surface area contributed by atoms with Crippen molar-refractivity contribution < 1.29 is 5.11 Å². The van der Waals surface area contributed by atoms with E-state index in [0.717, 1.165) is 28.7 Å². The molecule has 0 aromatic heterocycles. The Morgan fingerprint density at radius 2 is 2.27 bits per heavy atom. The Hall–Kier alpha value is -0.700. The van der Waals surface area contributed by atoms with E-state index in [-0.39, 0.29) is 0 Å². The largest absolute Gasteiger partial charge is 0.508 e. The molecule has 0 bridgehead atoms. The van der Waals surface area contributed by atoms with Gasteiger partial charge in [0.05, 0.1) is 5.69 Å². The van der Waals surface area contributed by atoms with Gasteiger partial charge in [-0.1, -0.05) is 0 Å². The molecule has 1 aromatic carbocycles. The highest BCUT2D eigenvalue weighted by Crippen LogP contribution is 2.36. The van der Waals surface area contributed by atoms with Gasteiger partial charge in [-0.05, 0) is 34.5 Å². The van der Waals surface area contributed by atoms with Gasteiger partial charge in [-0.3, -0.25) is 0 Å². The van der Waals surface area contributed by atoms with Crippen LogP contribution in [0.3, 0.4) is 0 Å². The normalized spacial score (nSPS) is 14.3. The molecule has 1 aliphatic heterocycles. The lowest BCUT2D eigenvalue weighted by Crippen LogP contribution is -1.91. The van der Waals surface area contributed by atoms with Gasteiger partial charge in [-0.15, -0.1) is 0 Å². The number of hydrogen-bond acceptors (Lipinski definition) is 2. The molecule has 0 amide bonds. The van der Waals surface area contributed by atoms with E-state index in [1.54, 1.807) is 6.07 Å². The summed E-state index contributed by atoms with van der Waals surface area (Å²) in [5.74, 6) is 0.396. The summed E-state index contributed by atoms with van der Waals surface area (Å²) < 4.78 is 1.03. The summed E-state index contributed by atoms with van der Waals surface area (Å²) in [7, 11) is 0. The first-order chi connectivity index (χ1) is 5.29. The van der Waals surface area contributed by atoms with Gasteiger partial charge in [-0.25, -0.2) is 0 Å². The zero-order valence-corrected chi connectivity index (χ0v) is 7.48. The van der Waals surface area contributed by atoms with Gasteiger partial charge in [-0.2, -0.15) is 0 Å². The number of aromatic hydroxyl groups is 1. The first-order valence-electron chi connectivity index (χ1n) is 3.53. The van der Waals surface area contributed by atoms with Crippen molar-refractivity contribution >= 4 is 21.6 Å². The second-order valence-electron chi connectivity index (χ2n) is 2.60. The molecule has 2 nitrogen and oxygen atoms in total. The Morgan fingerprint density at radius 1 is 1.45 bits per heavy atom. The maximum absolute atomic E-state index is 9.39. The minimum atomic E-state index is 0.396. The third kappa shape index (κ3) is 0.997. The molecular formula is C8H8BrNO. The Morgan fingerprint density at radius 3 is 3.00 bits per heavy atom. The molecule has 58 valence electrons. The van der Waals surface area contributed by atoms with Gasteiger partial charge >= 0.3 is 0 Å². The second kappa shape index (κ2) is 2.41. The molecule has 3 heteroatoms. The lowest BCUT2D eigenvalue weighted by atomic mass is 10.1. The summed E-state index contributed by atoms with van der Waals surface area (Å²) in [6.07, 6.45) is 0.917. The predicted molar refractivity (Wildman–Crippen MR) is 48.0 cm³/mol. The van der Waals surface area contributed by atoms with Crippen molar-refractivity contribution in [1.82, 2.24) is 0 Å². The van der Waals surface area contributed by atoms with E-state index < -0.39 is 0 Å². The number of phenolic OH excluding ortho intramolecular Hbond substituents is 1. The average molecular weight is 214 g/mol. The number of nitrogens with one attached hydrogen (secondary N) is 1. The molecule has 1 aliphatic rings. The molecule has 0 atom stereocenters. The van der Waals surface area contributed by atoms with Crippen LogP contribution in [0.1, 0.15) is 5.56 Å². The van der Waals surface area contributed by atoms with Crippen LogP contribution in [0.25, 0.3) is 0 Å². The summed E-state index contributed by atoms with van der Waals surface area (Å²) in [4.78, 5) is 0. The highest BCUT2D eigenvalue weighted by molar-refractivity contribution is 9.10. The number of benzene rings is 1. The first-order valence-corrected chi connectivity index (χ1v) is 4.32. The third-order valence-corrected chi connectivity index (χ3v) is 2.57. The Balaban J connectivity index is 2.64. The molecule has 11 heavy (non-hydrogen) atoms. The highest BCUT2D eigenvalue weighted by atomic mass is 79.9. The lowest BCUT2D eigenvalue weighted by Gasteiger charge is -2.03. The van der Waals surface area contributed by atoms with Gasteiger partial charge in [0.15, 0.2) is 0 Å². The van der Waals surface area contributed by atoms with E-state index in [1.165, 1.54) is 0 Å². The molecule has 0 saturated carbocycles. The minimum Gasteiger partial charge on any atom is -0.508 e. The molecule has 0 unspecified atom stereocenters. The smallest absolute Gasteiger partial charge is 0.120 e. The van der Waals surface area contributed by atoms with E-state index in [4.69, 9.17) is 0 Å². The van der Waals surface area contributed by atoms with Crippen LogP contribution in [-0.2, 0) is 6.42 Å². The topological polar surface area (TPSA) is 32.3 Å². The molecule has 2 rings (SSSR count). The summed E-state index contributed by atoms with van der Waals surface area (Å²) in [6.45, 7) is 0.922. The molecule has 1 aromatic rings. The van der Waals surface area contributed by atoms with E-state index in [1.807, 2.05) is 6.07 Å². The van der Waals surface area contributed by atoms with Crippen LogP contribution in [0.15, 0.2) is 16.6 Å². The van der Waals surface area contributed by atoms with E-state index in [9.17, 15) is 5.11 Å². The van der Waals surface area contributed by atoms with Crippen molar-refractivity contribution in [2.45, 2.75) is 6.42 Å². The fourth-order valence-corrected chi connectivity index (χ4v) is 1.88. The quantitative estimate of drug-likeness (QED) is 0.693. The standard InChI is InChI=1S/C8H8BrNO/c9-6-1-2-7(11)5-3-4-10-8(5)6/h1-2,10-11H,3-4H2. The lowest BCUT2D eigenvalue weighted by molar-refractivity contribution is 0.470. The molecule has 0 aliphatic carbocycles. The van der Waals surface area contributed by atoms with Crippen molar-refractivity contribution in [1.29, 1.82) is 0 Å².